The average molecular weight is 408 g/mol. The molecule has 0 atom stereocenters. The summed E-state index contributed by atoms with van der Waals surface area (Å²) >= 11 is 0. The first-order valence-corrected chi connectivity index (χ1v) is 9.30. The highest BCUT2D eigenvalue weighted by molar-refractivity contribution is 5.83. The highest BCUT2D eigenvalue weighted by Crippen LogP contribution is 2.45. The molecule has 4 aromatic rings. The Bertz CT molecular complexity index is 1370. The summed E-state index contributed by atoms with van der Waals surface area (Å²) in [5, 5.41) is 16.0. The van der Waals surface area contributed by atoms with Crippen LogP contribution in [-0.4, -0.2) is 19.5 Å². The van der Waals surface area contributed by atoms with Gasteiger partial charge in [0.2, 0.25) is 0 Å². The number of nitrogens with one attached hydrogen (secondary N) is 1. The van der Waals surface area contributed by atoms with Gasteiger partial charge in [0.1, 0.15) is 23.0 Å². The predicted molar refractivity (Wildman–Crippen MR) is 105 cm³/mol. The number of halogens is 2. The lowest BCUT2D eigenvalue weighted by atomic mass is 10.0. The summed E-state index contributed by atoms with van der Waals surface area (Å²) in [6, 6.07) is 11.6. The lowest BCUT2D eigenvalue weighted by Gasteiger charge is -2.07. The third kappa shape index (κ3) is 2.78. The van der Waals surface area contributed by atoms with Crippen molar-refractivity contribution in [1.29, 1.82) is 0 Å². The molecule has 1 aliphatic rings. The van der Waals surface area contributed by atoms with Crippen molar-refractivity contribution in [3.05, 3.63) is 86.3 Å². The number of rotatable bonds is 4. The van der Waals surface area contributed by atoms with Crippen LogP contribution in [0, 0.1) is 21.7 Å². The average Bonchev–Trinajstić information content (AvgIpc) is 3.49. The standard InChI is InChI=1S/C21H14F2N4O3/c22-13-8-9-14(15(23)10-13)16-17(12-6-7-12)25-26-20(16)24-18(11-4-2-1-3-5-11)19(21(26)28)27(29)30/h1-5,8-10,12,24H,6-7H2. The molecule has 1 fully saturated rings. The molecule has 0 unspecified atom stereocenters. The van der Waals surface area contributed by atoms with Gasteiger partial charge in [-0.3, -0.25) is 14.9 Å². The van der Waals surface area contributed by atoms with E-state index in [0.717, 1.165) is 29.5 Å². The van der Waals surface area contributed by atoms with Gasteiger partial charge in [-0.1, -0.05) is 30.3 Å². The Kier molecular flexibility index (Phi) is 3.99. The molecule has 1 saturated carbocycles. The Morgan fingerprint density at radius 1 is 1.13 bits per heavy atom. The molecule has 7 nitrogen and oxygen atoms in total. The van der Waals surface area contributed by atoms with Crippen LogP contribution < -0.4 is 5.56 Å². The van der Waals surface area contributed by atoms with Gasteiger partial charge in [-0.25, -0.2) is 8.78 Å². The maximum Gasteiger partial charge on any atom is 0.359 e. The summed E-state index contributed by atoms with van der Waals surface area (Å²) in [5.74, 6) is -1.52. The molecule has 5 rings (SSSR count). The molecule has 0 saturated heterocycles. The van der Waals surface area contributed by atoms with Crippen molar-refractivity contribution < 1.29 is 13.7 Å². The molecule has 150 valence electrons. The van der Waals surface area contributed by atoms with Gasteiger partial charge in [0.25, 0.3) is 0 Å². The van der Waals surface area contributed by atoms with Gasteiger partial charge in [0.15, 0.2) is 0 Å². The lowest BCUT2D eigenvalue weighted by Crippen LogP contribution is -2.20. The summed E-state index contributed by atoms with van der Waals surface area (Å²) in [7, 11) is 0. The molecule has 0 aliphatic heterocycles. The second-order valence-corrected chi connectivity index (χ2v) is 7.20. The van der Waals surface area contributed by atoms with Crippen molar-refractivity contribution in [2.75, 3.05) is 0 Å². The summed E-state index contributed by atoms with van der Waals surface area (Å²) in [5.41, 5.74) is -0.123. The van der Waals surface area contributed by atoms with Crippen molar-refractivity contribution in [1.82, 2.24) is 14.6 Å². The lowest BCUT2D eigenvalue weighted by molar-refractivity contribution is -0.385. The first-order valence-electron chi connectivity index (χ1n) is 9.30. The van der Waals surface area contributed by atoms with E-state index in [1.165, 1.54) is 6.07 Å². The zero-order valence-corrected chi connectivity index (χ0v) is 15.4. The van der Waals surface area contributed by atoms with E-state index in [1.807, 2.05) is 0 Å². The van der Waals surface area contributed by atoms with Crippen molar-refractivity contribution in [2.45, 2.75) is 18.8 Å². The Labute approximate surface area is 167 Å². The summed E-state index contributed by atoms with van der Waals surface area (Å²) in [4.78, 5) is 26.9. The van der Waals surface area contributed by atoms with Crippen LogP contribution in [0.5, 0.6) is 0 Å². The number of H-pyrrole nitrogens is 1. The smallest absolute Gasteiger partial charge is 0.333 e. The molecule has 30 heavy (non-hydrogen) atoms. The highest BCUT2D eigenvalue weighted by Gasteiger charge is 2.34. The van der Waals surface area contributed by atoms with Gasteiger partial charge in [-0.05, 0) is 25.0 Å². The van der Waals surface area contributed by atoms with Crippen LogP contribution in [0.3, 0.4) is 0 Å². The van der Waals surface area contributed by atoms with Gasteiger partial charge >= 0.3 is 11.2 Å². The molecule has 1 N–H and O–H groups in total. The van der Waals surface area contributed by atoms with Crippen LogP contribution in [-0.2, 0) is 0 Å². The third-order valence-electron chi connectivity index (χ3n) is 5.20. The van der Waals surface area contributed by atoms with Gasteiger partial charge in [-0.15, -0.1) is 0 Å². The maximum absolute atomic E-state index is 14.7. The fourth-order valence-corrected chi connectivity index (χ4v) is 3.67. The first kappa shape index (κ1) is 18.2. The molecule has 0 spiro atoms. The number of hydrogen-bond donors (Lipinski definition) is 1. The van der Waals surface area contributed by atoms with Crippen molar-refractivity contribution in [3.63, 3.8) is 0 Å². The SMILES string of the molecule is O=c1c([N+](=O)[O-])c(-c2ccccc2)[nH]c2c(-c3ccc(F)cc3F)c(C3CC3)nn12. The highest BCUT2D eigenvalue weighted by atomic mass is 19.1. The molecule has 9 heteroatoms. The fourth-order valence-electron chi connectivity index (χ4n) is 3.67. The van der Waals surface area contributed by atoms with Crippen molar-refractivity contribution in [3.8, 4) is 22.4 Å². The molecule has 0 bridgehead atoms. The van der Waals surface area contributed by atoms with E-state index >= 15 is 0 Å². The zero-order chi connectivity index (χ0) is 21.0. The van der Waals surface area contributed by atoms with Gasteiger partial charge in [0, 0.05) is 23.1 Å². The van der Waals surface area contributed by atoms with Crippen LogP contribution in [0.25, 0.3) is 28.0 Å². The van der Waals surface area contributed by atoms with E-state index in [-0.39, 0.29) is 22.8 Å². The number of fused-ring (bicyclic) bond motifs is 1. The minimum atomic E-state index is -0.914. The number of aromatic amines is 1. The second kappa shape index (κ2) is 6.58. The van der Waals surface area contributed by atoms with Gasteiger partial charge in [-0.2, -0.15) is 9.61 Å². The molecular formula is C21H14F2N4O3. The van der Waals surface area contributed by atoms with Crippen LogP contribution in [0.15, 0.2) is 53.3 Å². The molecule has 2 aromatic heterocycles. The van der Waals surface area contributed by atoms with E-state index < -0.39 is 27.8 Å². The number of aromatic nitrogens is 3. The van der Waals surface area contributed by atoms with Gasteiger partial charge in [0.05, 0.1) is 16.2 Å². The predicted octanol–water partition coefficient (Wildman–Crippen LogP) is 4.42. The Morgan fingerprint density at radius 3 is 2.50 bits per heavy atom. The Morgan fingerprint density at radius 2 is 1.87 bits per heavy atom. The maximum atomic E-state index is 14.7. The number of nitro groups is 1. The Hall–Kier alpha value is -3.88. The molecule has 1 aliphatic carbocycles. The van der Waals surface area contributed by atoms with E-state index in [1.54, 1.807) is 30.3 Å². The number of benzene rings is 2. The third-order valence-corrected chi connectivity index (χ3v) is 5.20. The van der Waals surface area contributed by atoms with Crippen LogP contribution >= 0.6 is 0 Å². The normalized spacial score (nSPS) is 13.7. The second-order valence-electron chi connectivity index (χ2n) is 7.20. The number of nitrogens with zero attached hydrogens (tertiary/aromatic N) is 3. The molecule has 0 amide bonds. The summed E-state index contributed by atoms with van der Waals surface area (Å²) in [6.07, 6.45) is 1.61. The molecule has 0 radical (unpaired) electrons. The minimum absolute atomic E-state index is 0.00381. The Balaban J connectivity index is 1.91. The molecule has 2 heterocycles. The quantitative estimate of drug-likeness (QED) is 0.400. The van der Waals surface area contributed by atoms with Crippen molar-refractivity contribution >= 4 is 11.3 Å². The van der Waals surface area contributed by atoms with E-state index in [4.69, 9.17) is 0 Å². The number of hydrogen-bond acceptors (Lipinski definition) is 4. The summed E-state index contributed by atoms with van der Waals surface area (Å²) in [6.45, 7) is 0. The van der Waals surface area contributed by atoms with Crippen molar-refractivity contribution in [2.24, 2.45) is 0 Å². The zero-order valence-electron chi connectivity index (χ0n) is 15.4. The van der Waals surface area contributed by atoms with E-state index in [9.17, 15) is 23.7 Å². The van der Waals surface area contributed by atoms with E-state index in [0.29, 0.717) is 16.8 Å². The molecular weight excluding hydrogens is 394 g/mol. The first-order chi connectivity index (χ1) is 14.5. The minimum Gasteiger partial charge on any atom is -0.333 e. The van der Waals surface area contributed by atoms with Crippen LogP contribution in [0.2, 0.25) is 0 Å². The van der Waals surface area contributed by atoms with Crippen LogP contribution in [0.1, 0.15) is 24.5 Å². The monoisotopic (exact) mass is 408 g/mol. The fraction of sp³-hybridized carbons (Fsp3) is 0.143. The largest absolute Gasteiger partial charge is 0.359 e. The van der Waals surface area contributed by atoms with Gasteiger partial charge < -0.3 is 4.98 Å². The summed E-state index contributed by atoms with van der Waals surface area (Å²) < 4.78 is 29.0. The topological polar surface area (TPSA) is 93.3 Å². The van der Waals surface area contributed by atoms with E-state index in [2.05, 4.69) is 10.1 Å². The van der Waals surface area contributed by atoms with Crippen LogP contribution in [0.4, 0.5) is 14.5 Å². The molecule has 2 aromatic carbocycles.